The van der Waals surface area contributed by atoms with E-state index in [1.165, 1.54) is 14.0 Å². The van der Waals surface area contributed by atoms with Crippen molar-refractivity contribution in [2.75, 3.05) is 26.8 Å². The number of imide groups is 2. The molecule has 0 saturated carbocycles. The number of carbonyl (C=O) groups excluding carboxylic acids is 4. The Balaban J connectivity index is 1.81. The largest absolute Gasteiger partial charge is 0.486 e. The van der Waals surface area contributed by atoms with Crippen LogP contribution in [0.5, 0.6) is 11.5 Å². The second-order valence-corrected chi connectivity index (χ2v) is 5.93. The zero-order valence-corrected chi connectivity index (χ0v) is 14.3. The molecule has 0 aromatic heterocycles. The average molecular weight is 362 g/mol. The molecule has 138 valence electrons. The number of hydrogen-bond donors (Lipinski definition) is 3. The lowest BCUT2D eigenvalue weighted by Gasteiger charge is -2.25. The molecule has 0 bridgehead atoms. The van der Waals surface area contributed by atoms with Crippen LogP contribution < -0.4 is 25.4 Å². The Kier molecular flexibility index (Phi) is 4.41. The van der Waals surface area contributed by atoms with E-state index in [1.54, 1.807) is 18.2 Å². The van der Waals surface area contributed by atoms with Gasteiger partial charge < -0.3 is 20.1 Å². The summed E-state index contributed by atoms with van der Waals surface area (Å²) in [6, 6.07) is 3.49. The summed E-state index contributed by atoms with van der Waals surface area (Å²) in [7, 11) is 1.34. The summed E-state index contributed by atoms with van der Waals surface area (Å²) in [6.07, 6.45) is 0. The van der Waals surface area contributed by atoms with Gasteiger partial charge in [0, 0.05) is 7.05 Å². The van der Waals surface area contributed by atoms with Gasteiger partial charge in [-0.25, -0.2) is 9.59 Å². The fourth-order valence-electron chi connectivity index (χ4n) is 2.76. The van der Waals surface area contributed by atoms with Crippen LogP contribution in [-0.4, -0.2) is 55.6 Å². The molecule has 2 heterocycles. The molecule has 0 aliphatic carbocycles. The maximum absolute atomic E-state index is 12.8. The van der Waals surface area contributed by atoms with Crippen LogP contribution in [0.2, 0.25) is 0 Å². The fourth-order valence-corrected chi connectivity index (χ4v) is 2.76. The van der Waals surface area contributed by atoms with Crippen molar-refractivity contribution in [1.82, 2.24) is 20.9 Å². The Morgan fingerprint density at radius 1 is 1.23 bits per heavy atom. The summed E-state index contributed by atoms with van der Waals surface area (Å²) in [5, 5.41) is 6.81. The summed E-state index contributed by atoms with van der Waals surface area (Å²) >= 11 is 0. The van der Waals surface area contributed by atoms with E-state index in [4.69, 9.17) is 9.47 Å². The van der Waals surface area contributed by atoms with Gasteiger partial charge in [-0.15, -0.1) is 0 Å². The van der Waals surface area contributed by atoms with Gasteiger partial charge in [-0.05, 0) is 24.6 Å². The highest BCUT2D eigenvalue weighted by molar-refractivity contribution is 6.10. The standard InChI is InChI=1S/C16H18N4O6/c1-16(9-3-4-10-11(7-9)26-6-5-25-10)13(22)20(15(24)19-16)8-12(21)18-14(23)17-2/h3-4,7H,5-6,8H2,1-2H3,(H,19,24)(H2,17,18,21,23)/t16-/m0/s1. The smallest absolute Gasteiger partial charge is 0.325 e. The SMILES string of the molecule is CNC(=O)NC(=O)CN1C(=O)N[C@@](C)(c2ccc3c(c2)OCCO3)C1=O. The number of nitrogens with zero attached hydrogens (tertiary/aromatic N) is 1. The van der Waals surface area contributed by atoms with Gasteiger partial charge in [-0.3, -0.25) is 19.8 Å². The first-order valence-corrected chi connectivity index (χ1v) is 7.91. The zero-order chi connectivity index (χ0) is 18.9. The third kappa shape index (κ3) is 3.01. The molecule has 0 unspecified atom stereocenters. The van der Waals surface area contributed by atoms with Crippen molar-refractivity contribution in [3.63, 3.8) is 0 Å². The number of nitrogens with one attached hydrogen (secondary N) is 3. The van der Waals surface area contributed by atoms with Gasteiger partial charge in [0.1, 0.15) is 25.3 Å². The van der Waals surface area contributed by atoms with E-state index in [0.717, 1.165) is 4.90 Å². The van der Waals surface area contributed by atoms with Crippen LogP contribution in [0.25, 0.3) is 0 Å². The fraction of sp³-hybridized carbons (Fsp3) is 0.375. The van der Waals surface area contributed by atoms with E-state index >= 15 is 0 Å². The minimum absolute atomic E-state index is 0.388. The molecule has 26 heavy (non-hydrogen) atoms. The first-order chi connectivity index (χ1) is 12.3. The van der Waals surface area contributed by atoms with E-state index < -0.39 is 36.0 Å². The number of hydrogen-bond acceptors (Lipinski definition) is 6. The lowest BCUT2D eigenvalue weighted by Crippen LogP contribution is -2.46. The van der Waals surface area contributed by atoms with Gasteiger partial charge in [-0.1, -0.05) is 6.07 Å². The number of rotatable bonds is 3. The topological polar surface area (TPSA) is 126 Å². The summed E-state index contributed by atoms with van der Waals surface area (Å²) in [4.78, 5) is 48.7. The van der Waals surface area contributed by atoms with Crippen molar-refractivity contribution >= 4 is 23.9 Å². The Morgan fingerprint density at radius 2 is 1.92 bits per heavy atom. The van der Waals surface area contributed by atoms with Crippen molar-refractivity contribution in [3.8, 4) is 11.5 Å². The monoisotopic (exact) mass is 362 g/mol. The summed E-state index contributed by atoms with van der Waals surface area (Å²) in [5.74, 6) is -0.347. The number of benzene rings is 1. The molecule has 2 aliphatic heterocycles. The molecule has 10 heteroatoms. The van der Waals surface area contributed by atoms with Gasteiger partial charge in [0.25, 0.3) is 5.91 Å². The molecule has 1 atom stereocenters. The molecule has 1 saturated heterocycles. The Hall–Kier alpha value is -3.30. The first kappa shape index (κ1) is 17.5. The van der Waals surface area contributed by atoms with Crippen LogP contribution >= 0.6 is 0 Å². The minimum Gasteiger partial charge on any atom is -0.486 e. The van der Waals surface area contributed by atoms with Gasteiger partial charge >= 0.3 is 12.1 Å². The number of amides is 6. The van der Waals surface area contributed by atoms with E-state index in [0.29, 0.717) is 30.3 Å². The zero-order valence-electron chi connectivity index (χ0n) is 14.3. The van der Waals surface area contributed by atoms with Crippen LogP contribution in [0, 0.1) is 0 Å². The number of carbonyl (C=O) groups is 4. The summed E-state index contributed by atoms with van der Waals surface area (Å²) in [5.41, 5.74) is -0.866. The molecule has 1 fully saturated rings. The predicted molar refractivity (Wildman–Crippen MR) is 87.6 cm³/mol. The van der Waals surface area contributed by atoms with Crippen LogP contribution in [0.1, 0.15) is 12.5 Å². The molecular weight excluding hydrogens is 344 g/mol. The minimum atomic E-state index is -1.36. The quantitative estimate of drug-likeness (QED) is 0.633. The van der Waals surface area contributed by atoms with Crippen LogP contribution in [0.15, 0.2) is 18.2 Å². The molecule has 3 rings (SSSR count). The predicted octanol–water partition coefficient (Wildman–Crippen LogP) is -0.320. The maximum atomic E-state index is 12.8. The van der Waals surface area contributed by atoms with Crippen molar-refractivity contribution in [3.05, 3.63) is 23.8 Å². The van der Waals surface area contributed by atoms with Crippen molar-refractivity contribution in [2.45, 2.75) is 12.5 Å². The third-order valence-corrected chi connectivity index (χ3v) is 4.18. The molecule has 6 amide bonds. The highest BCUT2D eigenvalue weighted by Gasteiger charge is 2.49. The molecule has 2 aliphatic rings. The van der Waals surface area contributed by atoms with Crippen molar-refractivity contribution in [2.24, 2.45) is 0 Å². The average Bonchev–Trinajstić information content (AvgIpc) is 2.85. The molecule has 3 N–H and O–H groups in total. The summed E-state index contributed by atoms with van der Waals surface area (Å²) < 4.78 is 11.0. The highest BCUT2D eigenvalue weighted by Crippen LogP contribution is 2.36. The molecule has 10 nitrogen and oxygen atoms in total. The Morgan fingerprint density at radius 3 is 2.62 bits per heavy atom. The van der Waals surface area contributed by atoms with Crippen molar-refractivity contribution < 1.29 is 28.7 Å². The normalized spacial score (nSPS) is 21.2. The van der Waals surface area contributed by atoms with Crippen LogP contribution in [-0.2, 0) is 15.1 Å². The lowest BCUT2D eigenvalue weighted by molar-refractivity contribution is -0.134. The molecular formula is C16H18N4O6. The van der Waals surface area contributed by atoms with Crippen LogP contribution in [0.4, 0.5) is 9.59 Å². The van der Waals surface area contributed by atoms with Gasteiger partial charge in [0.05, 0.1) is 0 Å². The molecule has 1 aromatic rings. The van der Waals surface area contributed by atoms with E-state index in [-0.39, 0.29) is 0 Å². The van der Waals surface area contributed by atoms with E-state index in [2.05, 4.69) is 10.6 Å². The molecule has 0 spiro atoms. The second-order valence-electron chi connectivity index (χ2n) is 5.93. The second kappa shape index (κ2) is 6.54. The third-order valence-electron chi connectivity index (χ3n) is 4.18. The van der Waals surface area contributed by atoms with Crippen molar-refractivity contribution in [1.29, 1.82) is 0 Å². The lowest BCUT2D eigenvalue weighted by atomic mass is 9.91. The van der Waals surface area contributed by atoms with Gasteiger partial charge in [0.15, 0.2) is 11.5 Å². The van der Waals surface area contributed by atoms with Gasteiger partial charge in [0.2, 0.25) is 5.91 Å². The maximum Gasteiger partial charge on any atom is 0.325 e. The van der Waals surface area contributed by atoms with E-state index in [1.807, 2.05) is 5.32 Å². The molecule has 0 radical (unpaired) electrons. The number of urea groups is 2. The van der Waals surface area contributed by atoms with E-state index in [9.17, 15) is 19.2 Å². The highest BCUT2D eigenvalue weighted by atomic mass is 16.6. The number of ether oxygens (including phenoxy) is 2. The Labute approximate surface area is 148 Å². The van der Waals surface area contributed by atoms with Gasteiger partial charge in [-0.2, -0.15) is 0 Å². The molecule has 1 aromatic carbocycles. The Bertz CT molecular complexity index is 795. The summed E-state index contributed by atoms with van der Waals surface area (Å²) in [6.45, 7) is 1.79. The first-order valence-electron chi connectivity index (χ1n) is 7.91. The van der Waals surface area contributed by atoms with Crippen LogP contribution in [0.3, 0.4) is 0 Å². The number of fused-ring (bicyclic) bond motifs is 1.